The lowest BCUT2D eigenvalue weighted by atomic mass is 10.1. The molecule has 1 aromatic heterocycles. The molecule has 4 aromatic rings. The molecule has 3 aromatic carbocycles. The van der Waals surface area contributed by atoms with Gasteiger partial charge in [0.2, 0.25) is 0 Å². The highest BCUT2D eigenvalue weighted by Gasteiger charge is 2.16. The lowest BCUT2D eigenvalue weighted by Gasteiger charge is -2.16. The highest BCUT2D eigenvalue weighted by atomic mass is 16.2. The number of anilines is 2. The van der Waals surface area contributed by atoms with Crippen molar-refractivity contribution in [3.63, 3.8) is 0 Å². The maximum Gasteiger partial charge on any atom is 0.323 e. The van der Waals surface area contributed by atoms with Crippen molar-refractivity contribution in [2.45, 2.75) is 26.4 Å². The molecule has 0 saturated carbocycles. The lowest BCUT2D eigenvalue weighted by molar-refractivity contribution is 0.0937. The summed E-state index contributed by atoms with van der Waals surface area (Å²) in [6, 6.07) is 26.8. The number of aromatic nitrogens is 1. The van der Waals surface area contributed by atoms with Gasteiger partial charge in [-0.15, -0.1) is 0 Å². The fourth-order valence-corrected chi connectivity index (χ4v) is 3.87. The second-order valence-electron chi connectivity index (χ2n) is 8.61. The third-order valence-corrected chi connectivity index (χ3v) is 5.75. The van der Waals surface area contributed by atoms with Crippen molar-refractivity contribution in [1.29, 1.82) is 0 Å². The predicted octanol–water partition coefficient (Wildman–Crippen LogP) is 5.34. The Bertz CT molecular complexity index is 1410. The van der Waals surface area contributed by atoms with Gasteiger partial charge < -0.3 is 20.5 Å². The normalized spacial score (nSPS) is 11.4. The van der Waals surface area contributed by atoms with Crippen LogP contribution in [0.15, 0.2) is 102 Å². The van der Waals surface area contributed by atoms with Crippen molar-refractivity contribution < 1.29 is 9.59 Å². The molecule has 0 bridgehead atoms. The molecule has 0 radical (unpaired) electrons. The number of pyridine rings is 1. The van der Waals surface area contributed by atoms with Crippen molar-refractivity contribution in [3.8, 4) is 0 Å². The van der Waals surface area contributed by atoms with Crippen LogP contribution in [0.1, 0.15) is 40.0 Å². The molecule has 0 aliphatic heterocycles. The second-order valence-corrected chi connectivity index (χ2v) is 8.61. The summed E-state index contributed by atoms with van der Waals surface area (Å²) >= 11 is 0. The van der Waals surface area contributed by atoms with Crippen LogP contribution in [0.3, 0.4) is 0 Å². The third kappa shape index (κ3) is 6.27. The van der Waals surface area contributed by atoms with E-state index in [9.17, 15) is 14.4 Å². The first-order valence-electron chi connectivity index (χ1n) is 11.7. The highest BCUT2D eigenvalue weighted by molar-refractivity contribution is 5.99. The number of nitrogens with one attached hydrogen (secondary N) is 3. The van der Waals surface area contributed by atoms with Crippen LogP contribution < -0.4 is 21.5 Å². The van der Waals surface area contributed by atoms with Crippen LogP contribution in [-0.2, 0) is 6.54 Å². The van der Waals surface area contributed by atoms with Gasteiger partial charge in [-0.25, -0.2) is 4.79 Å². The topological polar surface area (TPSA) is 92.2 Å². The molecule has 1 unspecified atom stereocenters. The van der Waals surface area contributed by atoms with Gasteiger partial charge in [0, 0.05) is 17.6 Å². The van der Waals surface area contributed by atoms with Crippen LogP contribution in [0.2, 0.25) is 0 Å². The van der Waals surface area contributed by atoms with Gasteiger partial charge in [-0.1, -0.05) is 60.2 Å². The summed E-state index contributed by atoms with van der Waals surface area (Å²) in [4.78, 5) is 38.0. The molecule has 0 fully saturated rings. The summed E-state index contributed by atoms with van der Waals surface area (Å²) in [6.45, 7) is 4.24. The number of para-hydroxylation sites is 1. The van der Waals surface area contributed by atoms with E-state index < -0.39 is 5.91 Å². The smallest absolute Gasteiger partial charge is 0.323 e. The zero-order chi connectivity index (χ0) is 25.5. The van der Waals surface area contributed by atoms with Crippen molar-refractivity contribution in [3.05, 3.63) is 130 Å². The lowest BCUT2D eigenvalue weighted by Crippen LogP contribution is -2.34. The standard InChI is InChI=1S/C29H28N4O3/c1-20-8-6-9-22(18-20)19-33-17-7-12-26(28(33)35)27(34)30-21(2)23-13-15-25(16-14-23)32-29(36)31-24-10-4-3-5-11-24/h3-18,21H,19H2,1-2H3,(H,30,34)(H2,31,32,36). The number of hydrogen-bond acceptors (Lipinski definition) is 3. The van der Waals surface area contributed by atoms with Gasteiger partial charge in [0.05, 0.1) is 12.6 Å². The number of benzene rings is 3. The van der Waals surface area contributed by atoms with E-state index in [0.29, 0.717) is 17.9 Å². The van der Waals surface area contributed by atoms with E-state index >= 15 is 0 Å². The minimum absolute atomic E-state index is 0.0906. The number of amides is 3. The Morgan fingerprint density at radius 2 is 1.53 bits per heavy atom. The van der Waals surface area contributed by atoms with Crippen LogP contribution in [0.4, 0.5) is 16.2 Å². The molecule has 36 heavy (non-hydrogen) atoms. The number of rotatable bonds is 7. The van der Waals surface area contributed by atoms with Crippen molar-refractivity contribution in [2.75, 3.05) is 10.6 Å². The van der Waals surface area contributed by atoms with E-state index in [1.54, 1.807) is 36.5 Å². The molecule has 7 heteroatoms. The molecular formula is C29H28N4O3. The van der Waals surface area contributed by atoms with Gasteiger partial charge in [0.25, 0.3) is 11.5 Å². The average molecular weight is 481 g/mol. The number of hydrogen-bond donors (Lipinski definition) is 3. The van der Waals surface area contributed by atoms with E-state index in [-0.39, 0.29) is 23.2 Å². The fraction of sp³-hybridized carbons (Fsp3) is 0.138. The molecule has 0 aliphatic rings. The van der Waals surface area contributed by atoms with Crippen LogP contribution in [0.25, 0.3) is 0 Å². The Balaban J connectivity index is 1.38. The van der Waals surface area contributed by atoms with Gasteiger partial charge in [-0.05, 0) is 61.4 Å². The van der Waals surface area contributed by atoms with Crippen LogP contribution in [0, 0.1) is 6.92 Å². The molecule has 182 valence electrons. The first-order valence-corrected chi connectivity index (χ1v) is 11.7. The molecule has 1 atom stereocenters. The van der Waals surface area contributed by atoms with E-state index in [4.69, 9.17) is 0 Å². The van der Waals surface area contributed by atoms with Gasteiger partial charge in [-0.2, -0.15) is 0 Å². The van der Waals surface area contributed by atoms with Gasteiger partial charge in [0.1, 0.15) is 5.56 Å². The minimum atomic E-state index is -0.435. The quantitative estimate of drug-likeness (QED) is 0.333. The Kier molecular flexibility index (Phi) is 7.60. The number of carbonyl (C=O) groups excluding carboxylic acids is 2. The molecule has 3 N–H and O–H groups in total. The molecule has 4 rings (SSSR count). The van der Waals surface area contributed by atoms with E-state index in [1.807, 2.05) is 68.4 Å². The second kappa shape index (κ2) is 11.2. The minimum Gasteiger partial charge on any atom is -0.345 e. The Morgan fingerprint density at radius 1 is 0.833 bits per heavy atom. The fourth-order valence-electron chi connectivity index (χ4n) is 3.87. The Hall–Kier alpha value is -4.65. The monoisotopic (exact) mass is 480 g/mol. The number of carbonyl (C=O) groups is 2. The summed E-state index contributed by atoms with van der Waals surface area (Å²) in [7, 11) is 0. The number of aryl methyl sites for hydroxylation is 1. The molecule has 0 aliphatic carbocycles. The number of urea groups is 1. The maximum atomic E-state index is 13.0. The molecule has 0 spiro atoms. The van der Waals surface area contributed by atoms with E-state index in [2.05, 4.69) is 16.0 Å². The molecular weight excluding hydrogens is 452 g/mol. The Labute approximate surface area is 209 Å². The summed E-state index contributed by atoms with van der Waals surface area (Å²) in [5.41, 5.74) is 4.01. The maximum absolute atomic E-state index is 13.0. The molecule has 0 saturated heterocycles. The van der Waals surface area contributed by atoms with E-state index in [0.717, 1.165) is 16.7 Å². The highest BCUT2D eigenvalue weighted by Crippen LogP contribution is 2.17. The van der Waals surface area contributed by atoms with Gasteiger partial charge in [0.15, 0.2) is 0 Å². The SMILES string of the molecule is Cc1cccc(Cn2cccc(C(=O)NC(C)c3ccc(NC(=O)Nc4ccccc4)cc3)c2=O)c1. The van der Waals surface area contributed by atoms with E-state index in [1.165, 1.54) is 10.6 Å². The van der Waals surface area contributed by atoms with Crippen LogP contribution in [-0.4, -0.2) is 16.5 Å². The van der Waals surface area contributed by atoms with Crippen LogP contribution >= 0.6 is 0 Å². The zero-order valence-corrected chi connectivity index (χ0v) is 20.2. The molecule has 1 heterocycles. The molecule has 7 nitrogen and oxygen atoms in total. The number of nitrogens with zero attached hydrogens (tertiary/aromatic N) is 1. The third-order valence-electron chi connectivity index (χ3n) is 5.75. The van der Waals surface area contributed by atoms with Crippen LogP contribution in [0.5, 0.6) is 0 Å². The first kappa shape index (κ1) is 24.5. The summed E-state index contributed by atoms with van der Waals surface area (Å²) in [6.07, 6.45) is 1.69. The first-order chi connectivity index (χ1) is 17.4. The van der Waals surface area contributed by atoms with Crippen molar-refractivity contribution in [1.82, 2.24) is 9.88 Å². The predicted molar refractivity (Wildman–Crippen MR) is 142 cm³/mol. The zero-order valence-electron chi connectivity index (χ0n) is 20.2. The molecule has 3 amide bonds. The van der Waals surface area contributed by atoms with Gasteiger partial charge >= 0.3 is 6.03 Å². The summed E-state index contributed by atoms with van der Waals surface area (Å²) < 4.78 is 1.54. The largest absolute Gasteiger partial charge is 0.345 e. The Morgan fingerprint density at radius 3 is 2.22 bits per heavy atom. The summed E-state index contributed by atoms with van der Waals surface area (Å²) in [5, 5.41) is 8.43. The summed E-state index contributed by atoms with van der Waals surface area (Å²) in [5.74, 6) is -0.435. The van der Waals surface area contributed by atoms with Gasteiger partial charge in [-0.3, -0.25) is 9.59 Å². The van der Waals surface area contributed by atoms with Crippen molar-refractivity contribution in [2.24, 2.45) is 0 Å². The average Bonchev–Trinajstić information content (AvgIpc) is 2.86. The van der Waals surface area contributed by atoms with Crippen molar-refractivity contribution >= 4 is 23.3 Å².